The topological polar surface area (TPSA) is 41.5 Å². The van der Waals surface area contributed by atoms with Crippen molar-refractivity contribution in [2.45, 2.75) is 12.8 Å². The van der Waals surface area contributed by atoms with E-state index in [2.05, 4.69) is 10.5 Å². The number of hydrogen-bond acceptors (Lipinski definition) is 2. The van der Waals surface area contributed by atoms with Crippen LogP contribution in [-0.4, -0.2) is 12.1 Å². The highest BCUT2D eigenvalue weighted by Gasteiger charge is 2.00. The summed E-state index contributed by atoms with van der Waals surface area (Å²) in [5, 5.41) is 4.51. The Morgan fingerprint density at radius 2 is 1.80 bits per heavy atom. The Kier molecular flexibility index (Phi) is 5.33. The third kappa shape index (κ3) is 4.52. The number of benzene rings is 2. The second-order valence-electron chi connectivity index (χ2n) is 4.30. The molecule has 2 aromatic carbocycles. The molecule has 0 unspecified atom stereocenters. The molecule has 0 aliphatic rings. The molecule has 0 saturated heterocycles. The summed E-state index contributed by atoms with van der Waals surface area (Å²) in [6, 6.07) is 17.2. The van der Waals surface area contributed by atoms with Gasteiger partial charge in [0.05, 0.1) is 6.21 Å². The number of carbonyl (C=O) groups is 1. The second kappa shape index (κ2) is 7.46. The van der Waals surface area contributed by atoms with Crippen LogP contribution in [0.25, 0.3) is 0 Å². The van der Waals surface area contributed by atoms with Gasteiger partial charge in [-0.1, -0.05) is 60.1 Å². The molecule has 0 bridgehead atoms. The zero-order valence-corrected chi connectivity index (χ0v) is 11.7. The van der Waals surface area contributed by atoms with E-state index in [9.17, 15) is 4.79 Å². The van der Waals surface area contributed by atoms with E-state index in [-0.39, 0.29) is 5.91 Å². The largest absolute Gasteiger partial charge is 0.273 e. The van der Waals surface area contributed by atoms with Crippen LogP contribution in [0.5, 0.6) is 0 Å². The monoisotopic (exact) mass is 286 g/mol. The highest BCUT2D eigenvalue weighted by molar-refractivity contribution is 6.33. The quantitative estimate of drug-likeness (QED) is 0.664. The molecular formula is C16H15ClN2O. The van der Waals surface area contributed by atoms with Gasteiger partial charge >= 0.3 is 0 Å². The molecule has 0 aliphatic carbocycles. The van der Waals surface area contributed by atoms with Crippen molar-refractivity contribution >= 4 is 23.7 Å². The maximum Gasteiger partial charge on any atom is 0.240 e. The standard InChI is InChI=1S/C16H15ClN2O/c17-15-9-5-4-8-14(15)12-18-19-16(20)11-10-13-6-2-1-3-7-13/h1-9,12H,10-11H2,(H,19,20). The van der Waals surface area contributed by atoms with Crippen LogP contribution in [0.15, 0.2) is 59.7 Å². The van der Waals surface area contributed by atoms with Crippen LogP contribution in [0.4, 0.5) is 0 Å². The molecule has 0 spiro atoms. The van der Waals surface area contributed by atoms with Crippen LogP contribution in [0, 0.1) is 0 Å². The minimum absolute atomic E-state index is 0.114. The summed E-state index contributed by atoms with van der Waals surface area (Å²) in [5.41, 5.74) is 4.41. The first-order chi connectivity index (χ1) is 9.75. The number of nitrogens with zero attached hydrogens (tertiary/aromatic N) is 1. The highest BCUT2D eigenvalue weighted by Crippen LogP contribution is 2.12. The van der Waals surface area contributed by atoms with Gasteiger partial charge in [-0.25, -0.2) is 5.43 Å². The van der Waals surface area contributed by atoms with Crippen LogP contribution >= 0.6 is 11.6 Å². The summed E-state index contributed by atoms with van der Waals surface area (Å²) in [5.74, 6) is -0.114. The van der Waals surface area contributed by atoms with Crippen LogP contribution in [0.1, 0.15) is 17.5 Å². The highest BCUT2D eigenvalue weighted by atomic mass is 35.5. The van der Waals surface area contributed by atoms with E-state index in [0.717, 1.165) is 11.1 Å². The molecule has 1 N–H and O–H groups in total. The van der Waals surface area contributed by atoms with Crippen LogP contribution in [-0.2, 0) is 11.2 Å². The summed E-state index contributed by atoms with van der Waals surface area (Å²) in [7, 11) is 0. The maximum absolute atomic E-state index is 11.6. The number of hydrogen-bond donors (Lipinski definition) is 1. The van der Waals surface area contributed by atoms with Crippen LogP contribution in [0.2, 0.25) is 5.02 Å². The Balaban J connectivity index is 1.79. The number of carbonyl (C=O) groups excluding carboxylic acids is 1. The van der Waals surface area contributed by atoms with Crippen molar-refractivity contribution in [2.24, 2.45) is 5.10 Å². The smallest absolute Gasteiger partial charge is 0.240 e. The van der Waals surface area contributed by atoms with E-state index in [1.54, 1.807) is 12.3 Å². The second-order valence-corrected chi connectivity index (χ2v) is 4.71. The molecular weight excluding hydrogens is 272 g/mol. The van der Waals surface area contributed by atoms with E-state index < -0.39 is 0 Å². The van der Waals surface area contributed by atoms with Gasteiger partial charge in [0.15, 0.2) is 0 Å². The molecule has 2 aromatic rings. The lowest BCUT2D eigenvalue weighted by Gasteiger charge is -2.01. The minimum atomic E-state index is -0.114. The van der Waals surface area contributed by atoms with Crippen molar-refractivity contribution in [1.82, 2.24) is 5.43 Å². The molecule has 0 radical (unpaired) electrons. The van der Waals surface area contributed by atoms with Gasteiger partial charge in [0.1, 0.15) is 0 Å². The number of nitrogens with one attached hydrogen (secondary N) is 1. The summed E-state index contributed by atoms with van der Waals surface area (Å²) in [6.45, 7) is 0. The normalized spacial score (nSPS) is 10.7. The minimum Gasteiger partial charge on any atom is -0.273 e. The molecule has 20 heavy (non-hydrogen) atoms. The van der Waals surface area contributed by atoms with E-state index >= 15 is 0 Å². The molecule has 0 atom stereocenters. The molecule has 0 aliphatic heterocycles. The van der Waals surface area contributed by atoms with E-state index in [0.29, 0.717) is 17.9 Å². The molecule has 0 saturated carbocycles. The van der Waals surface area contributed by atoms with Gasteiger partial charge in [0, 0.05) is 17.0 Å². The SMILES string of the molecule is O=C(CCc1ccccc1)NN=Cc1ccccc1Cl. The fraction of sp³-hybridized carbons (Fsp3) is 0.125. The zero-order chi connectivity index (χ0) is 14.2. The molecule has 2 rings (SSSR count). The van der Waals surface area contributed by atoms with Crippen LogP contribution in [0.3, 0.4) is 0 Å². The first-order valence-corrected chi connectivity index (χ1v) is 6.74. The number of halogens is 1. The molecule has 4 heteroatoms. The fourth-order valence-electron chi connectivity index (χ4n) is 1.71. The van der Waals surface area contributed by atoms with Crippen molar-refractivity contribution in [1.29, 1.82) is 0 Å². The van der Waals surface area contributed by atoms with Crippen molar-refractivity contribution in [3.63, 3.8) is 0 Å². The Hall–Kier alpha value is -2.13. The van der Waals surface area contributed by atoms with Crippen molar-refractivity contribution in [3.8, 4) is 0 Å². The first-order valence-electron chi connectivity index (χ1n) is 6.36. The van der Waals surface area contributed by atoms with Gasteiger partial charge in [-0.05, 0) is 18.1 Å². The molecule has 1 amide bonds. The molecule has 0 fully saturated rings. The van der Waals surface area contributed by atoms with Gasteiger partial charge in [-0.3, -0.25) is 4.79 Å². The lowest BCUT2D eigenvalue weighted by atomic mass is 10.1. The molecule has 102 valence electrons. The Morgan fingerprint density at radius 3 is 2.55 bits per heavy atom. The van der Waals surface area contributed by atoms with Gasteiger partial charge in [0.2, 0.25) is 5.91 Å². The third-order valence-electron chi connectivity index (χ3n) is 2.78. The van der Waals surface area contributed by atoms with E-state index in [1.807, 2.05) is 48.5 Å². The zero-order valence-electron chi connectivity index (χ0n) is 10.9. The van der Waals surface area contributed by atoms with E-state index in [1.165, 1.54) is 0 Å². The third-order valence-corrected chi connectivity index (χ3v) is 3.13. The van der Waals surface area contributed by atoms with E-state index in [4.69, 9.17) is 11.6 Å². The van der Waals surface area contributed by atoms with Crippen molar-refractivity contribution in [2.75, 3.05) is 0 Å². The Bertz CT molecular complexity index is 596. The number of rotatable bonds is 5. The van der Waals surface area contributed by atoms with Crippen molar-refractivity contribution in [3.05, 3.63) is 70.7 Å². The van der Waals surface area contributed by atoms with Crippen LogP contribution < -0.4 is 5.43 Å². The first kappa shape index (κ1) is 14.3. The number of aryl methyl sites for hydroxylation is 1. The molecule has 0 aromatic heterocycles. The molecule has 3 nitrogen and oxygen atoms in total. The van der Waals surface area contributed by atoms with Gasteiger partial charge in [0.25, 0.3) is 0 Å². The van der Waals surface area contributed by atoms with Gasteiger partial charge in [-0.15, -0.1) is 0 Å². The predicted octanol–water partition coefficient (Wildman–Crippen LogP) is 3.42. The summed E-state index contributed by atoms with van der Waals surface area (Å²) in [4.78, 5) is 11.6. The summed E-state index contributed by atoms with van der Waals surface area (Å²) < 4.78 is 0. The van der Waals surface area contributed by atoms with Crippen molar-refractivity contribution < 1.29 is 4.79 Å². The average Bonchev–Trinajstić information content (AvgIpc) is 2.48. The lowest BCUT2D eigenvalue weighted by Crippen LogP contribution is -2.17. The predicted molar refractivity (Wildman–Crippen MR) is 82.0 cm³/mol. The lowest BCUT2D eigenvalue weighted by molar-refractivity contribution is -0.121. The Morgan fingerprint density at radius 1 is 1.10 bits per heavy atom. The summed E-state index contributed by atoms with van der Waals surface area (Å²) in [6.07, 6.45) is 2.65. The maximum atomic E-state index is 11.6. The Labute approximate surface area is 123 Å². The average molecular weight is 287 g/mol. The van der Waals surface area contributed by atoms with Gasteiger partial charge < -0.3 is 0 Å². The summed E-state index contributed by atoms with van der Waals surface area (Å²) >= 11 is 5.98. The molecule has 0 heterocycles. The number of amides is 1. The van der Waals surface area contributed by atoms with Gasteiger partial charge in [-0.2, -0.15) is 5.10 Å². The fourth-order valence-corrected chi connectivity index (χ4v) is 1.90. The number of hydrazone groups is 1.